The molecule has 19 heavy (non-hydrogen) atoms. The number of carboxylic acid groups (broad SMARTS) is 1. The average molecular weight is 317 g/mol. The highest BCUT2D eigenvalue weighted by Crippen LogP contribution is 2.25. The Bertz CT molecular complexity index is 616. The molecule has 100 valence electrons. The van der Waals surface area contributed by atoms with Crippen molar-refractivity contribution >= 4 is 46.3 Å². The molecule has 7 heteroatoms. The Morgan fingerprint density at radius 2 is 2.16 bits per heavy atom. The van der Waals surface area contributed by atoms with Crippen LogP contribution in [0.3, 0.4) is 0 Å². The first-order valence-corrected chi connectivity index (χ1v) is 6.89. The minimum atomic E-state index is -1.03. The Balaban J connectivity index is 2.23. The molecular weight excluding hydrogens is 307 g/mol. The lowest BCUT2D eigenvalue weighted by Crippen LogP contribution is -2.17. The lowest BCUT2D eigenvalue weighted by atomic mass is 10.2. The van der Waals surface area contributed by atoms with Gasteiger partial charge in [-0.25, -0.2) is 9.78 Å². The van der Waals surface area contributed by atoms with Gasteiger partial charge in [0, 0.05) is 11.9 Å². The van der Waals surface area contributed by atoms with Crippen molar-refractivity contribution in [3.05, 3.63) is 44.2 Å². The Hall–Kier alpha value is -1.30. The largest absolute Gasteiger partial charge is 0.478 e. The van der Waals surface area contributed by atoms with Crippen molar-refractivity contribution in [2.45, 2.75) is 6.54 Å². The van der Waals surface area contributed by atoms with E-state index in [0.29, 0.717) is 16.7 Å². The van der Waals surface area contributed by atoms with Crippen molar-refractivity contribution < 1.29 is 9.90 Å². The number of thiophene rings is 1. The van der Waals surface area contributed by atoms with Crippen LogP contribution in [0, 0.1) is 0 Å². The average Bonchev–Trinajstić information content (AvgIpc) is 2.73. The lowest BCUT2D eigenvalue weighted by Gasteiger charge is -2.17. The maximum Gasteiger partial charge on any atom is 0.335 e. The van der Waals surface area contributed by atoms with Gasteiger partial charge in [-0.2, -0.15) is 0 Å². The summed E-state index contributed by atoms with van der Waals surface area (Å²) in [6.45, 7) is 0.587. The van der Waals surface area contributed by atoms with Crippen LogP contribution in [0.15, 0.2) is 24.3 Å². The summed E-state index contributed by atoms with van der Waals surface area (Å²) in [5.41, 5.74) is 0.117. The molecule has 0 saturated carbocycles. The summed E-state index contributed by atoms with van der Waals surface area (Å²) in [4.78, 5) is 18.0. The molecule has 0 saturated heterocycles. The van der Waals surface area contributed by atoms with Crippen LogP contribution in [-0.2, 0) is 6.54 Å². The van der Waals surface area contributed by atoms with Gasteiger partial charge in [-0.3, -0.25) is 0 Å². The molecule has 2 rings (SSSR count). The van der Waals surface area contributed by atoms with Crippen LogP contribution in [0.25, 0.3) is 0 Å². The van der Waals surface area contributed by atoms with Crippen molar-refractivity contribution in [1.29, 1.82) is 0 Å². The molecule has 2 heterocycles. The number of carbonyl (C=O) groups is 1. The van der Waals surface area contributed by atoms with Gasteiger partial charge in [-0.1, -0.05) is 23.2 Å². The number of hydrogen-bond acceptors (Lipinski definition) is 4. The van der Waals surface area contributed by atoms with Gasteiger partial charge in [0.1, 0.15) is 11.0 Å². The van der Waals surface area contributed by atoms with Crippen LogP contribution in [-0.4, -0.2) is 23.1 Å². The molecule has 2 aromatic rings. The molecule has 0 unspecified atom stereocenters. The summed E-state index contributed by atoms with van der Waals surface area (Å²) in [5, 5.41) is 9.15. The predicted octanol–water partition coefficient (Wildman–Crippen LogP) is 3.78. The normalized spacial score (nSPS) is 10.5. The Labute approximate surface area is 124 Å². The van der Waals surface area contributed by atoms with Gasteiger partial charge in [-0.15, -0.1) is 11.3 Å². The number of aromatic nitrogens is 1. The first kappa shape index (κ1) is 14.1. The highest BCUT2D eigenvalue weighted by Gasteiger charge is 2.11. The van der Waals surface area contributed by atoms with E-state index in [4.69, 9.17) is 28.3 Å². The van der Waals surface area contributed by atoms with E-state index >= 15 is 0 Å². The van der Waals surface area contributed by atoms with Crippen LogP contribution in [0.5, 0.6) is 0 Å². The number of pyridine rings is 1. The fourth-order valence-corrected chi connectivity index (χ4v) is 2.90. The molecule has 2 aromatic heterocycles. The molecule has 0 spiro atoms. The second-order valence-electron chi connectivity index (χ2n) is 3.90. The van der Waals surface area contributed by atoms with Crippen molar-refractivity contribution in [2.75, 3.05) is 11.9 Å². The van der Waals surface area contributed by atoms with Gasteiger partial charge >= 0.3 is 5.97 Å². The second kappa shape index (κ2) is 5.77. The molecule has 0 bridgehead atoms. The maximum atomic E-state index is 11.0. The second-order valence-corrected chi connectivity index (χ2v) is 6.09. The first-order chi connectivity index (χ1) is 8.95. The van der Waals surface area contributed by atoms with Gasteiger partial charge in [-0.05, 0) is 24.3 Å². The fourth-order valence-electron chi connectivity index (χ4n) is 1.55. The van der Waals surface area contributed by atoms with E-state index in [9.17, 15) is 4.79 Å². The summed E-state index contributed by atoms with van der Waals surface area (Å²) in [7, 11) is 1.82. The van der Waals surface area contributed by atoms with Crippen molar-refractivity contribution in [1.82, 2.24) is 4.98 Å². The molecular formula is C12H10Cl2N2O2S. The first-order valence-electron chi connectivity index (χ1n) is 5.32. The summed E-state index contributed by atoms with van der Waals surface area (Å²) in [5.74, 6) is -0.521. The molecule has 0 atom stereocenters. The molecule has 0 aliphatic rings. The zero-order valence-corrected chi connectivity index (χ0v) is 12.3. The molecule has 0 aliphatic heterocycles. The Morgan fingerprint density at radius 3 is 2.74 bits per heavy atom. The van der Waals surface area contributed by atoms with E-state index in [1.807, 2.05) is 24.1 Å². The Kier molecular flexibility index (Phi) is 4.29. The molecule has 0 aliphatic carbocycles. The summed E-state index contributed by atoms with van der Waals surface area (Å²) < 4.78 is 0.716. The quantitative estimate of drug-likeness (QED) is 0.872. The maximum absolute atomic E-state index is 11.0. The molecule has 4 nitrogen and oxygen atoms in total. The minimum absolute atomic E-state index is 0.117. The van der Waals surface area contributed by atoms with Gasteiger partial charge in [0.25, 0.3) is 0 Å². The minimum Gasteiger partial charge on any atom is -0.478 e. The summed E-state index contributed by atoms with van der Waals surface area (Å²) in [6, 6.07) is 6.56. The van der Waals surface area contributed by atoms with Crippen LogP contribution in [0.2, 0.25) is 9.49 Å². The summed E-state index contributed by atoms with van der Waals surface area (Å²) in [6.07, 6.45) is 0. The van der Waals surface area contributed by atoms with Gasteiger partial charge < -0.3 is 10.0 Å². The predicted molar refractivity (Wildman–Crippen MR) is 77.6 cm³/mol. The molecule has 1 N–H and O–H groups in total. The van der Waals surface area contributed by atoms with Crippen molar-refractivity contribution in [3.63, 3.8) is 0 Å². The SMILES string of the molecule is CN(Cc1ccc(Cl)s1)c1cc(C(=O)O)cc(Cl)n1. The molecule has 0 amide bonds. The van der Waals surface area contributed by atoms with Gasteiger partial charge in [0.15, 0.2) is 0 Å². The number of rotatable bonds is 4. The van der Waals surface area contributed by atoms with E-state index < -0.39 is 5.97 Å². The number of aromatic carboxylic acids is 1. The summed E-state index contributed by atoms with van der Waals surface area (Å²) >= 11 is 13.2. The fraction of sp³-hybridized carbons (Fsp3) is 0.167. The monoisotopic (exact) mass is 316 g/mol. The van der Waals surface area contributed by atoms with Gasteiger partial charge in [0.05, 0.1) is 16.4 Å². The van der Waals surface area contributed by atoms with E-state index in [-0.39, 0.29) is 10.7 Å². The number of anilines is 1. The van der Waals surface area contributed by atoms with Crippen molar-refractivity contribution in [3.8, 4) is 0 Å². The molecule has 0 fully saturated rings. The molecule has 0 radical (unpaired) electrons. The number of hydrogen-bond donors (Lipinski definition) is 1. The van der Waals surface area contributed by atoms with E-state index in [2.05, 4.69) is 4.98 Å². The van der Waals surface area contributed by atoms with E-state index in [1.54, 1.807) is 0 Å². The number of halogens is 2. The highest BCUT2D eigenvalue weighted by molar-refractivity contribution is 7.16. The van der Waals surface area contributed by atoms with Crippen LogP contribution in [0.4, 0.5) is 5.82 Å². The third kappa shape index (κ3) is 3.59. The zero-order chi connectivity index (χ0) is 14.0. The van der Waals surface area contributed by atoms with Crippen LogP contribution in [0.1, 0.15) is 15.2 Å². The number of carboxylic acids is 1. The number of nitrogens with zero attached hydrogens (tertiary/aromatic N) is 2. The highest BCUT2D eigenvalue weighted by atomic mass is 35.5. The standard InChI is InChI=1S/C12H10Cl2N2O2S/c1-16(6-8-2-3-10(14)19-8)11-5-7(12(17)18)4-9(13)15-11/h2-5H,6H2,1H3,(H,17,18). The lowest BCUT2D eigenvalue weighted by molar-refractivity contribution is 0.0697. The topological polar surface area (TPSA) is 53.4 Å². The van der Waals surface area contributed by atoms with E-state index in [0.717, 1.165) is 4.88 Å². The van der Waals surface area contributed by atoms with Crippen LogP contribution < -0.4 is 4.90 Å². The third-order valence-corrected chi connectivity index (χ3v) is 3.85. The van der Waals surface area contributed by atoms with E-state index in [1.165, 1.54) is 23.5 Å². The third-order valence-electron chi connectivity index (χ3n) is 2.44. The van der Waals surface area contributed by atoms with Crippen molar-refractivity contribution in [2.24, 2.45) is 0 Å². The van der Waals surface area contributed by atoms with Gasteiger partial charge in [0.2, 0.25) is 0 Å². The Morgan fingerprint density at radius 1 is 1.42 bits per heavy atom. The molecule has 0 aromatic carbocycles. The smallest absolute Gasteiger partial charge is 0.335 e. The van der Waals surface area contributed by atoms with Crippen LogP contribution >= 0.6 is 34.5 Å². The zero-order valence-electron chi connectivity index (χ0n) is 9.93.